The molecule has 0 saturated heterocycles. The van der Waals surface area contributed by atoms with Crippen molar-refractivity contribution in [3.8, 4) is 23.0 Å². The summed E-state index contributed by atoms with van der Waals surface area (Å²) in [5.74, 6) is 6.19. The van der Waals surface area contributed by atoms with Gasteiger partial charge in [0.1, 0.15) is 17.6 Å². The maximum Gasteiger partial charge on any atom is 0.407 e. The van der Waals surface area contributed by atoms with Crippen molar-refractivity contribution < 1.29 is 9.53 Å². The number of H-pyrrole nitrogens is 1. The van der Waals surface area contributed by atoms with E-state index in [1.165, 1.54) is 22.3 Å². The van der Waals surface area contributed by atoms with Crippen LogP contribution in [0.2, 0.25) is 0 Å². The largest absolute Gasteiger partial charge is 0.449 e. The summed E-state index contributed by atoms with van der Waals surface area (Å²) in [6.07, 6.45) is 0.105. The van der Waals surface area contributed by atoms with Gasteiger partial charge < -0.3 is 10.1 Å². The monoisotopic (exact) mass is 408 g/mol. The van der Waals surface area contributed by atoms with Crippen molar-refractivity contribution in [2.75, 3.05) is 13.2 Å². The first-order valence-electron chi connectivity index (χ1n) is 10.2. The molecule has 0 fully saturated rings. The average molecular weight is 408 g/mol. The fraction of sp³-hybridized carbons (Fsp3) is 0.160. The normalized spacial score (nSPS) is 12.0. The predicted octanol–water partition coefficient (Wildman–Crippen LogP) is 4.24. The second-order valence-electron chi connectivity index (χ2n) is 7.33. The Hall–Kier alpha value is -4.11. The van der Waals surface area contributed by atoms with Crippen molar-refractivity contribution in [2.24, 2.45) is 0 Å². The number of aromatic amines is 1. The molecule has 1 aliphatic rings. The zero-order valence-electron chi connectivity index (χ0n) is 16.8. The second-order valence-corrected chi connectivity index (χ2v) is 7.33. The number of amides is 1. The van der Waals surface area contributed by atoms with Gasteiger partial charge in [0.25, 0.3) is 0 Å². The molecule has 3 aromatic carbocycles. The average Bonchev–Trinajstić information content (AvgIpc) is 3.40. The van der Waals surface area contributed by atoms with Crippen molar-refractivity contribution in [3.05, 3.63) is 83.4 Å². The van der Waals surface area contributed by atoms with Crippen LogP contribution in [0.25, 0.3) is 22.2 Å². The number of hydrogen-bond donors (Lipinski definition) is 2. The number of carbonyl (C=O) groups is 1. The molecule has 6 heteroatoms. The Morgan fingerprint density at radius 3 is 2.45 bits per heavy atom. The van der Waals surface area contributed by atoms with Crippen LogP contribution in [0.4, 0.5) is 4.79 Å². The number of carbonyl (C=O) groups excluding carboxylic acids is 1. The SMILES string of the molecule is O=C(NCCC#Cc1ccc2n[nH]nc2c1)OCC1c2ccccc2-c2ccccc21. The number of alkyl carbamates (subject to hydrolysis) is 1. The Bertz CT molecular complexity index is 1270. The molecule has 0 saturated carbocycles. The van der Waals surface area contributed by atoms with Crippen LogP contribution in [0.3, 0.4) is 0 Å². The number of benzene rings is 3. The summed E-state index contributed by atoms with van der Waals surface area (Å²) in [4.78, 5) is 12.2. The van der Waals surface area contributed by atoms with E-state index < -0.39 is 6.09 Å². The molecule has 0 unspecified atom stereocenters. The Morgan fingerprint density at radius 1 is 0.968 bits per heavy atom. The third-order valence-corrected chi connectivity index (χ3v) is 5.41. The number of nitrogens with one attached hydrogen (secondary N) is 2. The Balaban J connectivity index is 1.14. The van der Waals surface area contributed by atoms with Gasteiger partial charge in [-0.15, -0.1) is 0 Å². The molecule has 4 aromatic rings. The molecule has 152 valence electrons. The molecular formula is C25H20N4O2. The topological polar surface area (TPSA) is 79.9 Å². The molecule has 1 aromatic heterocycles. The first-order valence-corrected chi connectivity index (χ1v) is 10.2. The summed E-state index contributed by atoms with van der Waals surface area (Å²) >= 11 is 0. The highest BCUT2D eigenvalue weighted by molar-refractivity contribution is 5.79. The highest BCUT2D eigenvalue weighted by Crippen LogP contribution is 2.44. The quantitative estimate of drug-likeness (QED) is 0.391. The number of hydrogen-bond acceptors (Lipinski definition) is 4. The Kier molecular flexibility index (Phi) is 5.07. The van der Waals surface area contributed by atoms with Crippen LogP contribution in [0.5, 0.6) is 0 Å². The van der Waals surface area contributed by atoms with Crippen LogP contribution in [0.15, 0.2) is 66.7 Å². The van der Waals surface area contributed by atoms with Gasteiger partial charge in [0, 0.05) is 24.4 Å². The highest BCUT2D eigenvalue weighted by Gasteiger charge is 2.28. The fourth-order valence-corrected chi connectivity index (χ4v) is 3.96. The molecular weight excluding hydrogens is 388 g/mol. The molecule has 0 radical (unpaired) electrons. The predicted molar refractivity (Wildman–Crippen MR) is 118 cm³/mol. The van der Waals surface area contributed by atoms with Crippen LogP contribution in [0, 0.1) is 11.8 Å². The number of aromatic nitrogens is 3. The van der Waals surface area contributed by atoms with Gasteiger partial charge in [-0.1, -0.05) is 60.4 Å². The van der Waals surface area contributed by atoms with Gasteiger partial charge in [0.05, 0.1) is 0 Å². The first kappa shape index (κ1) is 18.9. The van der Waals surface area contributed by atoms with E-state index in [1.807, 2.05) is 42.5 Å². The molecule has 1 aliphatic carbocycles. The molecule has 5 rings (SSSR count). The minimum Gasteiger partial charge on any atom is -0.449 e. The standard InChI is InChI=1S/C25H20N4O2/c30-25(26-14-6-5-7-17-12-13-23-24(15-17)28-29-27-23)31-16-22-20-10-3-1-8-18(20)19-9-2-4-11-21(19)22/h1-4,8-13,15,22H,6,14,16H2,(H,26,30)(H,27,28,29). The van der Waals surface area contributed by atoms with Gasteiger partial charge in [-0.2, -0.15) is 15.4 Å². The lowest BCUT2D eigenvalue weighted by atomic mass is 9.98. The van der Waals surface area contributed by atoms with Gasteiger partial charge in [0.2, 0.25) is 0 Å². The molecule has 1 amide bonds. The van der Waals surface area contributed by atoms with Crippen LogP contribution in [-0.2, 0) is 4.74 Å². The Labute approximate surface area is 179 Å². The summed E-state index contributed by atoms with van der Waals surface area (Å²) in [5, 5.41) is 13.4. The van der Waals surface area contributed by atoms with E-state index in [9.17, 15) is 4.79 Å². The number of ether oxygens (including phenoxy) is 1. The van der Waals surface area contributed by atoms with Crippen molar-refractivity contribution in [1.82, 2.24) is 20.7 Å². The zero-order valence-corrected chi connectivity index (χ0v) is 16.8. The number of fused-ring (bicyclic) bond motifs is 4. The summed E-state index contributed by atoms with van der Waals surface area (Å²) in [7, 11) is 0. The van der Waals surface area contributed by atoms with Gasteiger partial charge in [-0.25, -0.2) is 4.79 Å². The summed E-state index contributed by atoms with van der Waals surface area (Å²) in [5.41, 5.74) is 7.28. The van der Waals surface area contributed by atoms with Crippen molar-refractivity contribution in [3.63, 3.8) is 0 Å². The van der Waals surface area contributed by atoms with Gasteiger partial charge in [-0.05, 0) is 40.5 Å². The van der Waals surface area contributed by atoms with E-state index in [2.05, 4.69) is 56.8 Å². The lowest BCUT2D eigenvalue weighted by Crippen LogP contribution is -2.26. The van der Waals surface area contributed by atoms with Crippen molar-refractivity contribution >= 4 is 17.1 Å². The van der Waals surface area contributed by atoms with E-state index in [0.29, 0.717) is 19.6 Å². The van der Waals surface area contributed by atoms with Crippen LogP contribution in [0.1, 0.15) is 29.0 Å². The van der Waals surface area contributed by atoms with E-state index in [4.69, 9.17) is 4.74 Å². The lowest BCUT2D eigenvalue weighted by molar-refractivity contribution is 0.143. The van der Waals surface area contributed by atoms with Crippen molar-refractivity contribution in [1.29, 1.82) is 0 Å². The third-order valence-electron chi connectivity index (χ3n) is 5.41. The van der Waals surface area contributed by atoms with Crippen LogP contribution < -0.4 is 5.32 Å². The first-order chi connectivity index (χ1) is 15.3. The van der Waals surface area contributed by atoms with E-state index in [1.54, 1.807) is 0 Å². The number of rotatable bonds is 4. The zero-order chi connectivity index (χ0) is 21.0. The van der Waals surface area contributed by atoms with Crippen molar-refractivity contribution in [2.45, 2.75) is 12.3 Å². The molecule has 0 aliphatic heterocycles. The summed E-state index contributed by atoms with van der Waals surface area (Å²) < 4.78 is 5.53. The lowest BCUT2D eigenvalue weighted by Gasteiger charge is -2.14. The molecule has 6 nitrogen and oxygen atoms in total. The van der Waals surface area contributed by atoms with E-state index in [0.717, 1.165) is 16.6 Å². The highest BCUT2D eigenvalue weighted by atomic mass is 16.5. The minimum absolute atomic E-state index is 0.0596. The van der Waals surface area contributed by atoms with Crippen LogP contribution >= 0.6 is 0 Å². The minimum atomic E-state index is -0.423. The number of nitrogens with zero attached hydrogens (tertiary/aromatic N) is 2. The second kappa shape index (κ2) is 8.33. The van der Waals surface area contributed by atoms with Gasteiger partial charge in [0.15, 0.2) is 0 Å². The van der Waals surface area contributed by atoms with Crippen LogP contribution in [-0.4, -0.2) is 34.7 Å². The molecule has 0 bridgehead atoms. The van der Waals surface area contributed by atoms with Gasteiger partial charge in [-0.3, -0.25) is 0 Å². The Morgan fingerprint density at radius 2 is 1.68 bits per heavy atom. The maximum absolute atomic E-state index is 12.2. The van der Waals surface area contributed by atoms with E-state index in [-0.39, 0.29) is 5.92 Å². The fourth-order valence-electron chi connectivity index (χ4n) is 3.96. The smallest absolute Gasteiger partial charge is 0.407 e. The molecule has 0 atom stereocenters. The maximum atomic E-state index is 12.2. The molecule has 0 spiro atoms. The summed E-state index contributed by atoms with van der Waals surface area (Å²) in [6.45, 7) is 0.735. The molecule has 1 heterocycles. The van der Waals surface area contributed by atoms with Gasteiger partial charge >= 0.3 is 6.09 Å². The molecule has 31 heavy (non-hydrogen) atoms. The third kappa shape index (κ3) is 3.86. The van der Waals surface area contributed by atoms with E-state index >= 15 is 0 Å². The molecule has 2 N–H and O–H groups in total. The summed E-state index contributed by atoms with van der Waals surface area (Å²) in [6, 6.07) is 22.2.